The van der Waals surface area contributed by atoms with Crippen LogP contribution in [-0.2, 0) is 13.0 Å². The number of nitriles is 1. The monoisotopic (exact) mass is 508 g/mol. The van der Waals surface area contributed by atoms with Gasteiger partial charge in [-0.15, -0.1) is 24.0 Å². The fraction of sp³-hybridized carbons (Fsp3) is 0.364. The highest BCUT2D eigenvalue weighted by Crippen LogP contribution is 2.27. The number of guanidine groups is 1. The van der Waals surface area contributed by atoms with Gasteiger partial charge in [0, 0.05) is 20.1 Å². The van der Waals surface area contributed by atoms with Gasteiger partial charge in [0.25, 0.3) is 0 Å². The summed E-state index contributed by atoms with van der Waals surface area (Å²) < 4.78 is 10.7. The molecule has 0 bridgehead atoms. The van der Waals surface area contributed by atoms with Crippen molar-refractivity contribution in [3.63, 3.8) is 0 Å². The highest BCUT2D eigenvalue weighted by atomic mass is 127. The summed E-state index contributed by atoms with van der Waals surface area (Å²) in [5.41, 5.74) is 2.90. The second-order valence-electron chi connectivity index (χ2n) is 6.34. The number of benzene rings is 2. The van der Waals surface area contributed by atoms with Crippen molar-refractivity contribution < 1.29 is 9.47 Å². The van der Waals surface area contributed by atoms with Crippen LogP contribution in [0, 0.1) is 11.3 Å². The highest BCUT2D eigenvalue weighted by molar-refractivity contribution is 14.0. The van der Waals surface area contributed by atoms with Crippen molar-refractivity contribution in [2.75, 3.05) is 34.4 Å². The third-order valence-corrected chi connectivity index (χ3v) is 4.37. The van der Waals surface area contributed by atoms with Crippen LogP contribution in [0.25, 0.3) is 0 Å². The van der Waals surface area contributed by atoms with Crippen molar-refractivity contribution in [2.45, 2.75) is 19.9 Å². The Kier molecular flexibility index (Phi) is 10.9. The molecule has 0 aliphatic carbocycles. The summed E-state index contributed by atoms with van der Waals surface area (Å²) in [5.74, 6) is 2.33. The Morgan fingerprint density at radius 1 is 1.07 bits per heavy atom. The molecule has 0 spiro atoms. The van der Waals surface area contributed by atoms with Gasteiger partial charge in [-0.1, -0.05) is 18.2 Å². The Labute approximate surface area is 190 Å². The number of hydrogen-bond acceptors (Lipinski definition) is 4. The van der Waals surface area contributed by atoms with Gasteiger partial charge in [-0.2, -0.15) is 5.26 Å². The Bertz CT molecular complexity index is 832. The van der Waals surface area contributed by atoms with Crippen molar-refractivity contribution in [2.24, 2.45) is 4.99 Å². The summed E-state index contributed by atoms with van der Waals surface area (Å²) >= 11 is 0. The molecule has 0 aromatic heterocycles. The quantitative estimate of drug-likeness (QED) is 0.334. The molecular formula is C22H29IN4O2. The van der Waals surface area contributed by atoms with Crippen LogP contribution < -0.4 is 14.8 Å². The standard InChI is InChI=1S/C22H28N4O2.HI/c1-5-24-22(25-16-19-8-6-18(15-23)7-9-19)26(2)13-12-17-10-11-20(27-3)21(14-17)28-4;/h6-11,14H,5,12-13,16H2,1-4H3,(H,24,25);1H. The van der Waals surface area contributed by atoms with Crippen molar-refractivity contribution in [1.29, 1.82) is 5.26 Å². The van der Waals surface area contributed by atoms with E-state index in [9.17, 15) is 0 Å². The number of ether oxygens (including phenoxy) is 2. The van der Waals surface area contributed by atoms with Crippen LogP contribution in [0.5, 0.6) is 11.5 Å². The molecule has 0 radical (unpaired) electrons. The number of methoxy groups -OCH3 is 2. The Morgan fingerprint density at radius 2 is 1.72 bits per heavy atom. The molecule has 0 heterocycles. The lowest BCUT2D eigenvalue weighted by atomic mass is 10.1. The minimum absolute atomic E-state index is 0. The smallest absolute Gasteiger partial charge is 0.193 e. The molecule has 0 unspecified atom stereocenters. The first-order valence-electron chi connectivity index (χ1n) is 9.30. The van der Waals surface area contributed by atoms with E-state index in [0.29, 0.717) is 12.1 Å². The molecule has 0 aliphatic heterocycles. The van der Waals surface area contributed by atoms with Gasteiger partial charge in [0.1, 0.15) is 0 Å². The third-order valence-electron chi connectivity index (χ3n) is 4.37. The zero-order valence-electron chi connectivity index (χ0n) is 17.4. The molecule has 2 rings (SSSR count). The van der Waals surface area contributed by atoms with E-state index < -0.39 is 0 Å². The lowest BCUT2D eigenvalue weighted by Crippen LogP contribution is -2.39. The van der Waals surface area contributed by atoms with Crippen molar-refractivity contribution in [3.8, 4) is 17.6 Å². The second-order valence-corrected chi connectivity index (χ2v) is 6.34. The number of nitrogens with one attached hydrogen (secondary N) is 1. The molecule has 0 amide bonds. The normalized spacial score (nSPS) is 10.5. The van der Waals surface area contributed by atoms with Gasteiger partial charge in [-0.3, -0.25) is 0 Å². The van der Waals surface area contributed by atoms with Crippen molar-refractivity contribution in [3.05, 3.63) is 59.2 Å². The number of halogens is 1. The summed E-state index contributed by atoms with van der Waals surface area (Å²) in [7, 11) is 5.31. The minimum Gasteiger partial charge on any atom is -0.493 e. The van der Waals surface area contributed by atoms with E-state index in [1.807, 2.05) is 43.4 Å². The molecule has 7 heteroatoms. The lowest BCUT2D eigenvalue weighted by Gasteiger charge is -2.22. The molecule has 0 aliphatic rings. The molecule has 156 valence electrons. The van der Waals surface area contributed by atoms with E-state index in [2.05, 4.69) is 29.3 Å². The largest absolute Gasteiger partial charge is 0.493 e. The summed E-state index contributed by atoms with van der Waals surface area (Å²) in [4.78, 5) is 6.83. The molecule has 0 fully saturated rings. The van der Waals surface area contributed by atoms with E-state index in [1.165, 1.54) is 5.56 Å². The number of rotatable bonds is 8. The van der Waals surface area contributed by atoms with Gasteiger partial charge in [0.15, 0.2) is 17.5 Å². The Hall–Kier alpha value is -2.47. The molecule has 29 heavy (non-hydrogen) atoms. The van der Waals surface area contributed by atoms with E-state index in [-0.39, 0.29) is 24.0 Å². The zero-order valence-corrected chi connectivity index (χ0v) is 19.8. The van der Waals surface area contributed by atoms with Gasteiger partial charge in [0.05, 0.1) is 32.4 Å². The lowest BCUT2D eigenvalue weighted by molar-refractivity contribution is 0.354. The third kappa shape index (κ3) is 7.46. The van der Waals surface area contributed by atoms with Gasteiger partial charge in [0.2, 0.25) is 0 Å². The maximum Gasteiger partial charge on any atom is 0.193 e. The first kappa shape index (κ1) is 24.6. The van der Waals surface area contributed by atoms with Crippen LogP contribution in [0.4, 0.5) is 0 Å². The zero-order chi connectivity index (χ0) is 20.4. The Balaban J connectivity index is 0.00000420. The number of hydrogen-bond donors (Lipinski definition) is 1. The van der Waals surface area contributed by atoms with Crippen LogP contribution in [0.3, 0.4) is 0 Å². The molecule has 6 nitrogen and oxygen atoms in total. The van der Waals surface area contributed by atoms with Crippen LogP contribution in [0.15, 0.2) is 47.5 Å². The number of aliphatic imine (C=N–C) groups is 1. The van der Waals surface area contributed by atoms with Crippen molar-refractivity contribution in [1.82, 2.24) is 10.2 Å². The topological polar surface area (TPSA) is 69.9 Å². The summed E-state index contributed by atoms with van der Waals surface area (Å²) in [6.45, 7) is 4.23. The molecule has 2 aromatic carbocycles. The van der Waals surface area contributed by atoms with Gasteiger partial charge < -0.3 is 19.7 Å². The Morgan fingerprint density at radius 3 is 2.31 bits per heavy atom. The predicted molar refractivity (Wildman–Crippen MR) is 127 cm³/mol. The summed E-state index contributed by atoms with van der Waals surface area (Å²) in [5, 5.41) is 12.2. The maximum absolute atomic E-state index is 8.90. The molecule has 0 saturated heterocycles. The molecule has 0 saturated carbocycles. The van der Waals surface area contributed by atoms with Crippen molar-refractivity contribution >= 4 is 29.9 Å². The highest BCUT2D eigenvalue weighted by Gasteiger charge is 2.08. The maximum atomic E-state index is 8.90. The molecule has 0 atom stereocenters. The fourth-order valence-electron chi connectivity index (χ4n) is 2.76. The first-order chi connectivity index (χ1) is 13.6. The average molecular weight is 508 g/mol. The molecule has 1 N–H and O–H groups in total. The molecule has 2 aromatic rings. The van der Waals surface area contributed by atoms with Gasteiger partial charge >= 0.3 is 0 Å². The van der Waals surface area contributed by atoms with E-state index >= 15 is 0 Å². The molecular weight excluding hydrogens is 479 g/mol. The first-order valence-corrected chi connectivity index (χ1v) is 9.30. The van der Waals surface area contributed by atoms with E-state index in [4.69, 9.17) is 19.7 Å². The number of likely N-dealkylation sites (N-methyl/N-ethyl adjacent to an activating group) is 1. The van der Waals surface area contributed by atoms with Crippen LogP contribution in [0.1, 0.15) is 23.6 Å². The van der Waals surface area contributed by atoms with Crippen LogP contribution >= 0.6 is 24.0 Å². The minimum atomic E-state index is 0. The van der Waals surface area contributed by atoms with Gasteiger partial charge in [-0.05, 0) is 48.7 Å². The van der Waals surface area contributed by atoms with E-state index in [0.717, 1.165) is 42.5 Å². The van der Waals surface area contributed by atoms with Crippen LogP contribution in [-0.4, -0.2) is 45.2 Å². The number of nitrogens with zero attached hydrogens (tertiary/aromatic N) is 3. The summed E-state index contributed by atoms with van der Waals surface area (Å²) in [6, 6.07) is 15.6. The van der Waals surface area contributed by atoms with Gasteiger partial charge in [-0.25, -0.2) is 4.99 Å². The fourth-order valence-corrected chi connectivity index (χ4v) is 2.76. The predicted octanol–water partition coefficient (Wildman–Crippen LogP) is 3.83. The van der Waals surface area contributed by atoms with Crippen LogP contribution in [0.2, 0.25) is 0 Å². The van der Waals surface area contributed by atoms with E-state index in [1.54, 1.807) is 14.2 Å². The average Bonchev–Trinajstić information content (AvgIpc) is 2.74. The second kappa shape index (κ2) is 12.9. The summed E-state index contributed by atoms with van der Waals surface area (Å²) in [6.07, 6.45) is 0.859. The SMILES string of the molecule is CCNC(=NCc1ccc(C#N)cc1)N(C)CCc1ccc(OC)c(OC)c1.I.